The van der Waals surface area contributed by atoms with Crippen molar-refractivity contribution < 1.29 is 14.3 Å². The molecule has 0 fully saturated rings. The lowest BCUT2D eigenvalue weighted by Crippen LogP contribution is -2.27. The van der Waals surface area contributed by atoms with Crippen molar-refractivity contribution in [2.24, 2.45) is 11.7 Å². The number of hydrogen-bond donors (Lipinski definition) is 2. The molecule has 1 heterocycles. The second-order valence-corrected chi connectivity index (χ2v) is 5.20. The molecule has 0 aliphatic rings. The van der Waals surface area contributed by atoms with Crippen LogP contribution in [0, 0.1) is 12.8 Å². The van der Waals surface area contributed by atoms with Gasteiger partial charge < -0.3 is 15.8 Å². The third-order valence-electron chi connectivity index (χ3n) is 2.39. The first kappa shape index (κ1) is 14.7. The predicted molar refractivity (Wildman–Crippen MR) is 71.9 cm³/mol. The Bertz CT molecular complexity index is 443. The number of esters is 1. The molecule has 0 bridgehead atoms. The molecule has 3 N–H and O–H groups in total. The zero-order valence-corrected chi connectivity index (χ0v) is 11.6. The number of anilines is 1. The molecule has 6 heteroatoms. The Morgan fingerprint density at radius 3 is 2.78 bits per heavy atom. The van der Waals surface area contributed by atoms with E-state index in [2.05, 4.69) is 5.32 Å². The highest BCUT2D eigenvalue weighted by molar-refractivity contribution is 7.16. The third kappa shape index (κ3) is 3.54. The van der Waals surface area contributed by atoms with Gasteiger partial charge in [0.2, 0.25) is 5.91 Å². The number of rotatable bonds is 5. The molecule has 0 spiro atoms. The average molecular weight is 270 g/mol. The standard InChI is InChI=1S/C12H18N2O3S/c1-4-17-12(16)9-5-8(3)18-11(9)14-10(15)7(2)6-13/h5,7H,4,6,13H2,1-3H3,(H,14,15). The number of hydrogen-bond acceptors (Lipinski definition) is 5. The van der Waals surface area contributed by atoms with Gasteiger partial charge in [-0.15, -0.1) is 11.3 Å². The summed E-state index contributed by atoms with van der Waals surface area (Å²) in [5, 5.41) is 3.24. The number of nitrogens with two attached hydrogens (primary N) is 1. The summed E-state index contributed by atoms with van der Waals surface area (Å²) in [6.45, 7) is 5.92. The highest BCUT2D eigenvalue weighted by Gasteiger charge is 2.19. The van der Waals surface area contributed by atoms with E-state index in [0.29, 0.717) is 17.2 Å². The lowest BCUT2D eigenvalue weighted by Gasteiger charge is -2.09. The molecule has 1 amide bonds. The van der Waals surface area contributed by atoms with Crippen molar-refractivity contribution in [3.8, 4) is 0 Å². The van der Waals surface area contributed by atoms with Crippen molar-refractivity contribution >= 4 is 28.2 Å². The van der Waals surface area contributed by atoms with E-state index in [-0.39, 0.29) is 18.4 Å². The minimum atomic E-state index is -0.419. The number of thiophene rings is 1. The molecule has 18 heavy (non-hydrogen) atoms. The maximum Gasteiger partial charge on any atom is 0.341 e. The minimum absolute atomic E-state index is 0.190. The Hall–Kier alpha value is -1.40. The second kappa shape index (κ2) is 6.51. The van der Waals surface area contributed by atoms with E-state index in [9.17, 15) is 9.59 Å². The van der Waals surface area contributed by atoms with Crippen LogP contribution in [0.3, 0.4) is 0 Å². The Morgan fingerprint density at radius 2 is 2.22 bits per heavy atom. The summed E-state index contributed by atoms with van der Waals surface area (Å²) < 4.78 is 4.94. The summed E-state index contributed by atoms with van der Waals surface area (Å²) in [5.74, 6) is -0.898. The highest BCUT2D eigenvalue weighted by atomic mass is 32.1. The van der Waals surface area contributed by atoms with E-state index in [1.165, 1.54) is 11.3 Å². The molecule has 0 saturated carbocycles. The van der Waals surface area contributed by atoms with Crippen LogP contribution < -0.4 is 11.1 Å². The van der Waals surface area contributed by atoms with E-state index in [1.54, 1.807) is 19.9 Å². The Morgan fingerprint density at radius 1 is 1.56 bits per heavy atom. The molecule has 1 atom stereocenters. The van der Waals surface area contributed by atoms with E-state index in [0.717, 1.165) is 4.88 Å². The maximum absolute atomic E-state index is 11.7. The minimum Gasteiger partial charge on any atom is -0.462 e. The van der Waals surface area contributed by atoms with E-state index in [1.807, 2.05) is 6.92 Å². The first-order valence-corrected chi connectivity index (χ1v) is 6.59. The topological polar surface area (TPSA) is 81.4 Å². The van der Waals surface area contributed by atoms with Crippen molar-refractivity contribution in [2.75, 3.05) is 18.5 Å². The second-order valence-electron chi connectivity index (χ2n) is 3.95. The summed E-state index contributed by atoms with van der Waals surface area (Å²) in [7, 11) is 0. The Kier molecular flexibility index (Phi) is 5.30. The van der Waals surface area contributed by atoms with Gasteiger partial charge in [-0.3, -0.25) is 4.79 Å². The molecule has 100 valence electrons. The van der Waals surface area contributed by atoms with Gasteiger partial charge in [0.25, 0.3) is 0 Å². The van der Waals surface area contributed by atoms with Crippen molar-refractivity contribution in [3.05, 3.63) is 16.5 Å². The molecule has 1 rings (SSSR count). The lowest BCUT2D eigenvalue weighted by molar-refractivity contribution is -0.119. The van der Waals surface area contributed by atoms with Gasteiger partial charge in [-0.1, -0.05) is 6.92 Å². The number of aryl methyl sites for hydroxylation is 1. The zero-order chi connectivity index (χ0) is 13.7. The summed E-state index contributed by atoms with van der Waals surface area (Å²) >= 11 is 1.35. The number of amides is 1. The van der Waals surface area contributed by atoms with Gasteiger partial charge in [0, 0.05) is 17.3 Å². The smallest absolute Gasteiger partial charge is 0.341 e. The van der Waals surface area contributed by atoms with Gasteiger partial charge in [-0.05, 0) is 19.9 Å². The number of carbonyl (C=O) groups excluding carboxylic acids is 2. The first-order chi connectivity index (χ1) is 8.49. The fourth-order valence-electron chi connectivity index (χ4n) is 1.31. The molecule has 1 unspecified atom stereocenters. The molecule has 0 aromatic carbocycles. The Labute approximate surface area is 110 Å². The van der Waals surface area contributed by atoms with Crippen molar-refractivity contribution in [1.29, 1.82) is 0 Å². The quantitative estimate of drug-likeness (QED) is 0.799. The average Bonchev–Trinajstić information content (AvgIpc) is 2.69. The number of carbonyl (C=O) groups is 2. The Balaban J connectivity index is 2.88. The lowest BCUT2D eigenvalue weighted by atomic mass is 10.1. The fraction of sp³-hybridized carbons (Fsp3) is 0.500. The first-order valence-electron chi connectivity index (χ1n) is 5.78. The normalized spacial score (nSPS) is 12.0. The van der Waals surface area contributed by atoms with Gasteiger partial charge in [0.15, 0.2) is 0 Å². The molecule has 0 aliphatic carbocycles. The van der Waals surface area contributed by atoms with Gasteiger partial charge in [0.05, 0.1) is 12.2 Å². The van der Waals surface area contributed by atoms with Crippen LogP contribution in [-0.4, -0.2) is 25.0 Å². The fourth-order valence-corrected chi connectivity index (χ4v) is 2.21. The van der Waals surface area contributed by atoms with Crippen LogP contribution in [0.5, 0.6) is 0 Å². The van der Waals surface area contributed by atoms with E-state index < -0.39 is 5.97 Å². The van der Waals surface area contributed by atoms with Crippen LogP contribution >= 0.6 is 11.3 Å². The van der Waals surface area contributed by atoms with Gasteiger partial charge in [0.1, 0.15) is 5.00 Å². The molecular formula is C12H18N2O3S. The third-order valence-corrected chi connectivity index (χ3v) is 3.35. The van der Waals surface area contributed by atoms with Crippen LogP contribution in [0.2, 0.25) is 0 Å². The van der Waals surface area contributed by atoms with Crippen molar-refractivity contribution in [2.45, 2.75) is 20.8 Å². The summed E-state index contributed by atoms with van der Waals surface area (Å²) in [6.07, 6.45) is 0. The zero-order valence-electron chi connectivity index (χ0n) is 10.8. The monoisotopic (exact) mass is 270 g/mol. The van der Waals surface area contributed by atoms with Gasteiger partial charge >= 0.3 is 5.97 Å². The largest absolute Gasteiger partial charge is 0.462 e. The number of nitrogens with one attached hydrogen (secondary N) is 1. The summed E-state index contributed by atoms with van der Waals surface area (Å²) in [4.78, 5) is 24.4. The van der Waals surface area contributed by atoms with Crippen molar-refractivity contribution in [3.63, 3.8) is 0 Å². The predicted octanol–water partition coefficient (Wildman–Crippen LogP) is 1.77. The van der Waals surface area contributed by atoms with E-state index >= 15 is 0 Å². The van der Waals surface area contributed by atoms with Crippen LogP contribution in [0.15, 0.2) is 6.07 Å². The molecule has 1 aromatic rings. The SMILES string of the molecule is CCOC(=O)c1cc(C)sc1NC(=O)C(C)CN. The van der Waals surface area contributed by atoms with Crippen LogP contribution in [0.25, 0.3) is 0 Å². The molecule has 0 aliphatic heterocycles. The maximum atomic E-state index is 11.7. The molecule has 0 radical (unpaired) electrons. The summed E-state index contributed by atoms with van der Waals surface area (Å²) in [5.41, 5.74) is 5.83. The molecule has 1 aromatic heterocycles. The van der Waals surface area contributed by atoms with Gasteiger partial charge in [-0.25, -0.2) is 4.79 Å². The van der Waals surface area contributed by atoms with E-state index in [4.69, 9.17) is 10.5 Å². The molecular weight excluding hydrogens is 252 g/mol. The van der Waals surface area contributed by atoms with Crippen molar-refractivity contribution in [1.82, 2.24) is 0 Å². The van der Waals surface area contributed by atoms with Crippen LogP contribution in [0.1, 0.15) is 29.1 Å². The van der Waals surface area contributed by atoms with Crippen LogP contribution in [0.4, 0.5) is 5.00 Å². The summed E-state index contributed by atoms with van der Waals surface area (Å²) in [6, 6.07) is 1.71. The molecule has 5 nitrogen and oxygen atoms in total. The highest BCUT2D eigenvalue weighted by Crippen LogP contribution is 2.28. The molecule has 0 saturated heterocycles. The van der Waals surface area contributed by atoms with Crippen LogP contribution in [-0.2, 0) is 9.53 Å². The number of ether oxygens (including phenoxy) is 1. The van der Waals surface area contributed by atoms with Gasteiger partial charge in [-0.2, -0.15) is 0 Å².